The fourth-order valence-corrected chi connectivity index (χ4v) is 3.69. The molecule has 27 heavy (non-hydrogen) atoms. The van der Waals surface area contributed by atoms with E-state index in [1.54, 1.807) is 0 Å². The van der Waals surface area contributed by atoms with Crippen molar-refractivity contribution in [3.63, 3.8) is 0 Å². The van der Waals surface area contributed by atoms with Gasteiger partial charge in [-0.15, -0.1) is 0 Å². The summed E-state index contributed by atoms with van der Waals surface area (Å²) in [7, 11) is 0. The van der Waals surface area contributed by atoms with E-state index >= 15 is 0 Å². The number of hydrogen-bond donors (Lipinski definition) is 0. The second-order valence-electron chi connectivity index (χ2n) is 7.76. The van der Waals surface area contributed by atoms with Gasteiger partial charge in [0.1, 0.15) is 6.04 Å². The van der Waals surface area contributed by atoms with Gasteiger partial charge < -0.3 is 9.42 Å². The zero-order valence-corrected chi connectivity index (χ0v) is 16.6. The lowest BCUT2D eigenvalue weighted by Gasteiger charge is -2.30. The third-order valence-electron chi connectivity index (χ3n) is 4.96. The van der Waals surface area contributed by atoms with Crippen LogP contribution < -0.4 is 0 Å². The second kappa shape index (κ2) is 9.13. The highest BCUT2D eigenvalue weighted by molar-refractivity contribution is 5.76. The third kappa shape index (κ3) is 5.39. The van der Waals surface area contributed by atoms with Gasteiger partial charge in [0.2, 0.25) is 11.8 Å². The monoisotopic (exact) mass is 370 g/mol. The van der Waals surface area contributed by atoms with Crippen molar-refractivity contribution >= 4 is 5.91 Å². The van der Waals surface area contributed by atoms with Crippen molar-refractivity contribution in [3.8, 4) is 0 Å². The first-order chi connectivity index (χ1) is 13.0. The molecule has 1 amide bonds. The number of rotatable bonds is 6. The normalized spacial score (nSPS) is 18.7. The Balaban J connectivity index is 1.70. The van der Waals surface area contributed by atoms with Crippen molar-refractivity contribution in [1.29, 1.82) is 0 Å². The lowest BCUT2D eigenvalue weighted by atomic mass is 10.1. The molecule has 0 spiro atoms. The highest BCUT2D eigenvalue weighted by Gasteiger charge is 2.32. The average Bonchev–Trinajstić information content (AvgIpc) is 2.97. The van der Waals surface area contributed by atoms with Crippen LogP contribution in [0.5, 0.6) is 0 Å². The summed E-state index contributed by atoms with van der Waals surface area (Å²) >= 11 is 0. The van der Waals surface area contributed by atoms with Crippen LogP contribution in [0.2, 0.25) is 0 Å². The smallest absolute Gasteiger partial charge is 0.245 e. The van der Waals surface area contributed by atoms with Crippen LogP contribution in [0.4, 0.5) is 0 Å². The standard InChI is InChI=1S/C21H30N4O2/c1-16(2)14-24-12-7-13-25(15-19(24)21-22-17(3)23-27-21)20(26)11-10-18-8-5-4-6-9-18/h4-6,8-9,16,19H,7,10-15H2,1-3H3. The molecular weight excluding hydrogens is 340 g/mol. The molecule has 1 saturated heterocycles. The summed E-state index contributed by atoms with van der Waals surface area (Å²) in [5, 5.41) is 3.97. The van der Waals surface area contributed by atoms with E-state index < -0.39 is 0 Å². The summed E-state index contributed by atoms with van der Waals surface area (Å²) in [5.41, 5.74) is 1.20. The SMILES string of the molecule is Cc1noc(C2CN(C(=O)CCc3ccccc3)CCCN2CC(C)C)n1. The number of carbonyl (C=O) groups excluding carboxylic acids is 1. The van der Waals surface area contributed by atoms with E-state index in [1.165, 1.54) is 5.56 Å². The van der Waals surface area contributed by atoms with Gasteiger partial charge in [0.15, 0.2) is 5.82 Å². The maximum atomic E-state index is 12.9. The largest absolute Gasteiger partial charge is 0.341 e. The van der Waals surface area contributed by atoms with Crippen molar-refractivity contribution < 1.29 is 9.32 Å². The Kier molecular flexibility index (Phi) is 6.61. The van der Waals surface area contributed by atoms with Crippen molar-refractivity contribution in [3.05, 3.63) is 47.6 Å². The van der Waals surface area contributed by atoms with Gasteiger partial charge >= 0.3 is 0 Å². The molecule has 6 heteroatoms. The zero-order chi connectivity index (χ0) is 19.2. The number of aryl methyl sites for hydroxylation is 2. The fourth-order valence-electron chi connectivity index (χ4n) is 3.69. The second-order valence-corrected chi connectivity index (χ2v) is 7.76. The molecule has 2 aromatic rings. The Morgan fingerprint density at radius 2 is 2.04 bits per heavy atom. The maximum absolute atomic E-state index is 12.9. The summed E-state index contributed by atoms with van der Waals surface area (Å²) in [4.78, 5) is 21.7. The Bertz CT molecular complexity index is 729. The summed E-state index contributed by atoms with van der Waals surface area (Å²) in [5.74, 6) is 2.00. The molecule has 0 radical (unpaired) electrons. The summed E-state index contributed by atoms with van der Waals surface area (Å²) in [6.45, 7) is 9.55. The van der Waals surface area contributed by atoms with E-state index in [1.807, 2.05) is 30.0 Å². The van der Waals surface area contributed by atoms with Gasteiger partial charge in [0.05, 0.1) is 0 Å². The van der Waals surface area contributed by atoms with E-state index in [2.05, 4.69) is 41.0 Å². The number of amides is 1. The first-order valence-corrected chi connectivity index (χ1v) is 9.89. The van der Waals surface area contributed by atoms with E-state index in [-0.39, 0.29) is 11.9 Å². The van der Waals surface area contributed by atoms with Crippen LogP contribution in [0.1, 0.15) is 50.0 Å². The van der Waals surface area contributed by atoms with Crippen LogP contribution in [-0.4, -0.2) is 52.0 Å². The zero-order valence-electron chi connectivity index (χ0n) is 16.6. The molecule has 2 heterocycles. The number of hydrogen-bond acceptors (Lipinski definition) is 5. The fraction of sp³-hybridized carbons (Fsp3) is 0.571. The predicted molar refractivity (Wildman–Crippen MR) is 104 cm³/mol. The van der Waals surface area contributed by atoms with Gasteiger partial charge in [-0.05, 0) is 31.2 Å². The van der Waals surface area contributed by atoms with Gasteiger partial charge in [-0.25, -0.2) is 0 Å². The molecule has 1 unspecified atom stereocenters. The Morgan fingerprint density at radius 3 is 2.70 bits per heavy atom. The van der Waals surface area contributed by atoms with E-state index in [0.717, 1.165) is 32.5 Å². The Hall–Kier alpha value is -2.21. The number of benzene rings is 1. The number of carbonyl (C=O) groups is 1. The predicted octanol–water partition coefficient (Wildman–Crippen LogP) is 3.24. The molecule has 0 aliphatic carbocycles. The lowest BCUT2D eigenvalue weighted by Crippen LogP contribution is -2.39. The number of aromatic nitrogens is 2. The number of nitrogens with zero attached hydrogens (tertiary/aromatic N) is 4. The molecule has 0 bridgehead atoms. The summed E-state index contributed by atoms with van der Waals surface area (Å²) in [6, 6.07) is 10.2. The van der Waals surface area contributed by atoms with Gasteiger partial charge in [-0.1, -0.05) is 49.3 Å². The minimum Gasteiger partial charge on any atom is -0.341 e. The molecule has 6 nitrogen and oxygen atoms in total. The van der Waals surface area contributed by atoms with E-state index in [4.69, 9.17) is 4.52 Å². The molecule has 0 N–H and O–H groups in total. The van der Waals surface area contributed by atoms with Crippen LogP contribution in [0, 0.1) is 12.8 Å². The average molecular weight is 370 g/mol. The van der Waals surface area contributed by atoms with E-state index in [0.29, 0.717) is 30.6 Å². The summed E-state index contributed by atoms with van der Waals surface area (Å²) in [6.07, 6.45) is 2.27. The van der Waals surface area contributed by atoms with Gasteiger partial charge in [-0.2, -0.15) is 4.98 Å². The highest BCUT2D eigenvalue weighted by atomic mass is 16.5. The Labute approximate surface area is 161 Å². The molecule has 3 rings (SSSR count). The minimum absolute atomic E-state index is 0.0308. The molecule has 1 aromatic heterocycles. The molecule has 1 aliphatic heterocycles. The topological polar surface area (TPSA) is 62.5 Å². The van der Waals surface area contributed by atoms with Crippen LogP contribution >= 0.6 is 0 Å². The third-order valence-corrected chi connectivity index (χ3v) is 4.96. The van der Waals surface area contributed by atoms with Crippen LogP contribution in [0.3, 0.4) is 0 Å². The van der Waals surface area contributed by atoms with Crippen LogP contribution in [0.15, 0.2) is 34.9 Å². The van der Waals surface area contributed by atoms with Crippen molar-refractivity contribution in [2.24, 2.45) is 5.92 Å². The van der Waals surface area contributed by atoms with Crippen molar-refractivity contribution in [2.75, 3.05) is 26.2 Å². The molecule has 1 atom stereocenters. The molecule has 1 aromatic carbocycles. The van der Waals surface area contributed by atoms with Crippen LogP contribution in [-0.2, 0) is 11.2 Å². The maximum Gasteiger partial charge on any atom is 0.245 e. The van der Waals surface area contributed by atoms with Gasteiger partial charge in [-0.3, -0.25) is 9.69 Å². The minimum atomic E-state index is -0.0308. The summed E-state index contributed by atoms with van der Waals surface area (Å²) < 4.78 is 5.49. The first kappa shape index (κ1) is 19.5. The van der Waals surface area contributed by atoms with Gasteiger partial charge in [0.25, 0.3) is 0 Å². The quantitative estimate of drug-likeness (QED) is 0.781. The van der Waals surface area contributed by atoms with E-state index in [9.17, 15) is 4.79 Å². The van der Waals surface area contributed by atoms with Crippen molar-refractivity contribution in [2.45, 2.75) is 46.1 Å². The van der Waals surface area contributed by atoms with Gasteiger partial charge in [0, 0.05) is 32.6 Å². The van der Waals surface area contributed by atoms with Crippen LogP contribution in [0.25, 0.3) is 0 Å². The molecule has 1 fully saturated rings. The molecular formula is C21H30N4O2. The highest BCUT2D eigenvalue weighted by Crippen LogP contribution is 2.25. The van der Waals surface area contributed by atoms with Crippen molar-refractivity contribution in [1.82, 2.24) is 19.9 Å². The Morgan fingerprint density at radius 1 is 1.26 bits per heavy atom. The molecule has 1 aliphatic rings. The first-order valence-electron chi connectivity index (χ1n) is 9.89. The molecule has 0 saturated carbocycles. The lowest BCUT2D eigenvalue weighted by molar-refractivity contribution is -0.131. The molecule has 146 valence electrons.